The van der Waals surface area contributed by atoms with Gasteiger partial charge in [-0.2, -0.15) is 0 Å². The molecule has 1 amide bonds. The summed E-state index contributed by atoms with van der Waals surface area (Å²) in [6.45, 7) is 3.94. The average Bonchev–Trinajstić information content (AvgIpc) is 2.44. The van der Waals surface area contributed by atoms with Crippen LogP contribution in [-0.4, -0.2) is 35.9 Å². The molecule has 1 aromatic rings. The van der Waals surface area contributed by atoms with Gasteiger partial charge in [0.15, 0.2) is 0 Å². The maximum atomic E-state index is 11.9. The van der Waals surface area contributed by atoms with Crippen molar-refractivity contribution in [3.05, 3.63) is 24.3 Å². The van der Waals surface area contributed by atoms with Crippen molar-refractivity contribution >= 4 is 23.6 Å². The van der Waals surface area contributed by atoms with E-state index in [1.165, 1.54) is 18.9 Å². The molecule has 0 unspecified atom stereocenters. The van der Waals surface area contributed by atoms with Crippen molar-refractivity contribution in [1.82, 2.24) is 5.32 Å². The van der Waals surface area contributed by atoms with Gasteiger partial charge in [-0.3, -0.25) is 4.79 Å². The second kappa shape index (κ2) is 8.56. The largest absolute Gasteiger partial charge is 0.507 e. The number of nitrogens with one attached hydrogen (secondary N) is 1. The number of methoxy groups -OCH3 is 1. The third-order valence-electron chi connectivity index (χ3n) is 2.75. The van der Waals surface area contributed by atoms with Crippen LogP contribution in [0.5, 0.6) is 5.75 Å². The summed E-state index contributed by atoms with van der Waals surface area (Å²) < 4.78 is 4.70. The van der Waals surface area contributed by atoms with Gasteiger partial charge >= 0.3 is 5.97 Å². The number of hydrogen-bond donors (Lipinski definition) is 2. The molecule has 1 aromatic carbocycles. The van der Waals surface area contributed by atoms with Crippen LogP contribution >= 0.6 is 11.8 Å². The highest BCUT2D eigenvalue weighted by Crippen LogP contribution is 2.27. The molecule has 0 saturated heterocycles. The number of phenols is 1. The smallest absolute Gasteiger partial charge is 0.328 e. The summed E-state index contributed by atoms with van der Waals surface area (Å²) in [6, 6.07) is 6.17. The summed E-state index contributed by atoms with van der Waals surface area (Å²) in [6.07, 6.45) is 0.527. The molecule has 1 atom stereocenters. The minimum Gasteiger partial charge on any atom is -0.507 e. The van der Waals surface area contributed by atoms with Gasteiger partial charge in [0, 0.05) is 4.90 Å². The highest BCUT2D eigenvalue weighted by Gasteiger charge is 2.22. The molecule has 1 rings (SSSR count). The number of benzene rings is 1. The lowest BCUT2D eigenvalue weighted by molar-refractivity contribution is -0.145. The van der Waals surface area contributed by atoms with E-state index in [2.05, 4.69) is 5.32 Å². The predicted octanol–water partition coefficient (Wildman–Crippen LogP) is 2.19. The Hall–Kier alpha value is -1.69. The normalized spacial score (nSPS) is 12.0. The van der Waals surface area contributed by atoms with Gasteiger partial charge < -0.3 is 15.2 Å². The summed E-state index contributed by atoms with van der Waals surface area (Å²) in [5.74, 6) is -0.172. The third-order valence-corrected chi connectivity index (χ3v) is 3.81. The van der Waals surface area contributed by atoms with E-state index in [9.17, 15) is 14.7 Å². The van der Waals surface area contributed by atoms with E-state index in [1.807, 2.05) is 13.8 Å². The molecule has 0 radical (unpaired) electrons. The number of phenolic OH excluding ortho intramolecular Hbond substituents is 1. The lowest BCUT2D eigenvalue weighted by Gasteiger charge is -2.18. The molecule has 116 valence electrons. The number of rotatable bonds is 7. The molecule has 0 aliphatic rings. The highest BCUT2D eigenvalue weighted by atomic mass is 32.2. The van der Waals surface area contributed by atoms with Crippen LogP contribution in [0.1, 0.15) is 20.3 Å². The van der Waals surface area contributed by atoms with E-state index < -0.39 is 12.0 Å². The summed E-state index contributed by atoms with van der Waals surface area (Å²) in [7, 11) is 1.30. The van der Waals surface area contributed by atoms with Crippen LogP contribution < -0.4 is 5.32 Å². The Bertz CT molecular complexity index is 490. The van der Waals surface area contributed by atoms with Crippen LogP contribution in [0.25, 0.3) is 0 Å². The second-order valence-corrected chi connectivity index (χ2v) is 6.05. The van der Waals surface area contributed by atoms with Gasteiger partial charge in [-0.1, -0.05) is 26.0 Å². The van der Waals surface area contributed by atoms with E-state index in [4.69, 9.17) is 4.74 Å². The molecule has 0 aliphatic carbocycles. The van der Waals surface area contributed by atoms with Gasteiger partial charge in [0.05, 0.1) is 12.9 Å². The van der Waals surface area contributed by atoms with Crippen LogP contribution in [0.3, 0.4) is 0 Å². The number of amides is 1. The molecule has 0 bridgehead atoms. The Labute approximate surface area is 129 Å². The quantitative estimate of drug-likeness (QED) is 0.596. The SMILES string of the molecule is COC(=O)[C@@H](CC(C)C)NC(=O)CSc1ccccc1O. The highest BCUT2D eigenvalue weighted by molar-refractivity contribution is 8.00. The number of esters is 1. The van der Waals surface area contributed by atoms with E-state index >= 15 is 0 Å². The van der Waals surface area contributed by atoms with E-state index in [-0.39, 0.29) is 23.3 Å². The predicted molar refractivity (Wildman–Crippen MR) is 82.2 cm³/mol. The molecule has 0 saturated carbocycles. The number of ether oxygens (including phenoxy) is 1. The number of thioether (sulfide) groups is 1. The number of aromatic hydroxyl groups is 1. The zero-order valence-electron chi connectivity index (χ0n) is 12.5. The van der Waals surface area contributed by atoms with Crippen molar-refractivity contribution in [2.24, 2.45) is 5.92 Å². The fraction of sp³-hybridized carbons (Fsp3) is 0.467. The average molecular weight is 311 g/mol. The summed E-state index contributed by atoms with van der Waals surface area (Å²) >= 11 is 1.22. The third kappa shape index (κ3) is 6.08. The molecule has 0 spiro atoms. The first-order chi connectivity index (χ1) is 9.93. The Morgan fingerprint density at radius 3 is 2.57 bits per heavy atom. The molecule has 0 aliphatic heterocycles. The summed E-state index contributed by atoms with van der Waals surface area (Å²) in [5.41, 5.74) is 0. The molecule has 5 nitrogen and oxygen atoms in total. The van der Waals surface area contributed by atoms with Gasteiger partial charge in [0.1, 0.15) is 11.8 Å². The first-order valence-electron chi connectivity index (χ1n) is 6.72. The lowest BCUT2D eigenvalue weighted by atomic mass is 10.0. The van der Waals surface area contributed by atoms with Crippen molar-refractivity contribution in [1.29, 1.82) is 0 Å². The Morgan fingerprint density at radius 2 is 2.00 bits per heavy atom. The number of carbonyl (C=O) groups excluding carboxylic acids is 2. The Morgan fingerprint density at radius 1 is 1.33 bits per heavy atom. The monoisotopic (exact) mass is 311 g/mol. The molecule has 0 heterocycles. The van der Waals surface area contributed by atoms with Crippen molar-refractivity contribution in [3.63, 3.8) is 0 Å². The summed E-state index contributed by atoms with van der Waals surface area (Å²) in [4.78, 5) is 24.2. The van der Waals surface area contributed by atoms with Crippen molar-refractivity contribution < 1.29 is 19.4 Å². The minimum atomic E-state index is -0.632. The van der Waals surface area contributed by atoms with E-state index in [1.54, 1.807) is 24.3 Å². The topological polar surface area (TPSA) is 75.6 Å². The standard InChI is InChI=1S/C15H21NO4S/c1-10(2)8-11(15(19)20-3)16-14(18)9-21-13-7-5-4-6-12(13)17/h4-7,10-11,17H,8-9H2,1-3H3,(H,16,18)/t11-/m1/s1. The molecule has 0 aromatic heterocycles. The molecule has 0 fully saturated rings. The molecule has 6 heteroatoms. The van der Waals surface area contributed by atoms with Gasteiger partial charge in [0.25, 0.3) is 0 Å². The van der Waals surface area contributed by atoms with Crippen LogP contribution in [0.4, 0.5) is 0 Å². The minimum absolute atomic E-state index is 0.128. The maximum absolute atomic E-state index is 11.9. The van der Waals surface area contributed by atoms with E-state index in [0.717, 1.165) is 0 Å². The van der Waals surface area contributed by atoms with Crippen molar-refractivity contribution in [3.8, 4) is 5.75 Å². The van der Waals surface area contributed by atoms with Crippen molar-refractivity contribution in [2.45, 2.75) is 31.2 Å². The van der Waals surface area contributed by atoms with E-state index in [0.29, 0.717) is 11.3 Å². The fourth-order valence-corrected chi connectivity index (χ4v) is 2.55. The lowest BCUT2D eigenvalue weighted by Crippen LogP contribution is -2.43. The number of para-hydroxylation sites is 1. The number of hydrogen-bond acceptors (Lipinski definition) is 5. The zero-order chi connectivity index (χ0) is 15.8. The zero-order valence-corrected chi connectivity index (χ0v) is 13.3. The van der Waals surface area contributed by atoms with Gasteiger partial charge in [0.2, 0.25) is 5.91 Å². The Balaban J connectivity index is 2.54. The molecular formula is C15H21NO4S. The molecular weight excluding hydrogens is 290 g/mol. The number of carbonyl (C=O) groups is 2. The second-order valence-electron chi connectivity index (χ2n) is 5.03. The summed E-state index contributed by atoms with van der Waals surface area (Å²) in [5, 5.41) is 12.3. The van der Waals surface area contributed by atoms with Crippen LogP contribution in [0.2, 0.25) is 0 Å². The van der Waals surface area contributed by atoms with Crippen LogP contribution in [-0.2, 0) is 14.3 Å². The van der Waals surface area contributed by atoms with Crippen molar-refractivity contribution in [2.75, 3.05) is 12.9 Å². The first kappa shape index (κ1) is 17.4. The fourth-order valence-electron chi connectivity index (χ4n) is 1.79. The van der Waals surface area contributed by atoms with Gasteiger partial charge in [-0.25, -0.2) is 4.79 Å². The van der Waals surface area contributed by atoms with Gasteiger partial charge in [-0.15, -0.1) is 11.8 Å². The first-order valence-corrected chi connectivity index (χ1v) is 7.70. The Kier molecular flexibility index (Phi) is 7.08. The molecule has 21 heavy (non-hydrogen) atoms. The van der Waals surface area contributed by atoms with Crippen LogP contribution in [0, 0.1) is 5.92 Å². The maximum Gasteiger partial charge on any atom is 0.328 e. The van der Waals surface area contributed by atoms with Crippen LogP contribution in [0.15, 0.2) is 29.2 Å². The molecule has 2 N–H and O–H groups in total. The van der Waals surface area contributed by atoms with Gasteiger partial charge in [-0.05, 0) is 24.5 Å².